The van der Waals surface area contributed by atoms with Gasteiger partial charge in [0.1, 0.15) is 12.1 Å². The summed E-state index contributed by atoms with van der Waals surface area (Å²) < 4.78 is 13.5. The Kier molecular flexibility index (Phi) is 15.4. The first kappa shape index (κ1) is 51.0. The number of carboxylic acid groups (broad SMARTS) is 1. The molecule has 24 nitrogen and oxygen atoms in total. The topological polar surface area (TPSA) is 307 Å². The maximum Gasteiger partial charge on any atom is 0.407 e. The lowest BCUT2D eigenvalue weighted by molar-refractivity contribution is -0.126. The second kappa shape index (κ2) is 22.4. The number of ether oxygens (including phenoxy) is 2. The molecule has 0 radical (unpaired) electrons. The number of nitriles is 4. The van der Waals surface area contributed by atoms with Crippen LogP contribution in [0.15, 0.2) is 36.7 Å². The van der Waals surface area contributed by atoms with Crippen LogP contribution in [-0.4, -0.2) is 145 Å². The average molecular weight is 1040 g/mol. The minimum atomic E-state index is -0.934. The van der Waals surface area contributed by atoms with Crippen molar-refractivity contribution in [2.75, 3.05) is 90.2 Å². The predicted molar refractivity (Wildman–Crippen MR) is 275 cm³/mol. The third-order valence-electron chi connectivity index (χ3n) is 13.3. The molecular formula is C48H52Cl2N20O4. The van der Waals surface area contributed by atoms with E-state index in [0.29, 0.717) is 119 Å². The summed E-state index contributed by atoms with van der Waals surface area (Å²) in [7, 11) is 0. The first-order chi connectivity index (χ1) is 35.9. The highest BCUT2D eigenvalue weighted by Gasteiger charge is 2.41. The Balaban J connectivity index is 0.000000183. The largest absolute Gasteiger partial charge is 0.465 e. The van der Waals surface area contributed by atoms with Crippen molar-refractivity contribution >= 4 is 86.9 Å². The van der Waals surface area contributed by atoms with Gasteiger partial charge < -0.3 is 51.0 Å². The maximum atomic E-state index is 12.0. The molecule has 2 atom stereocenters. The fourth-order valence-electron chi connectivity index (χ4n) is 9.41. The molecule has 0 bridgehead atoms. The molecule has 4 aromatic heterocycles. The monoisotopic (exact) mass is 1040 g/mol. The van der Waals surface area contributed by atoms with E-state index >= 15 is 0 Å². The molecule has 382 valence electrons. The van der Waals surface area contributed by atoms with Crippen LogP contribution in [0.1, 0.15) is 69.0 Å². The van der Waals surface area contributed by atoms with Gasteiger partial charge in [0, 0.05) is 51.4 Å². The third kappa shape index (κ3) is 10.6. The number of amides is 1. The van der Waals surface area contributed by atoms with Crippen LogP contribution < -0.4 is 36.4 Å². The number of rotatable bonds is 14. The van der Waals surface area contributed by atoms with Crippen molar-refractivity contribution in [3.05, 3.63) is 69.2 Å². The summed E-state index contributed by atoms with van der Waals surface area (Å²) in [6.45, 7) is 11.7. The molecular weight excluding hydrogens is 992 g/mol. The smallest absolute Gasteiger partial charge is 0.407 e. The number of nitrogens with one attached hydrogen (secondary N) is 5. The van der Waals surface area contributed by atoms with Gasteiger partial charge in [-0.3, -0.25) is 4.90 Å². The van der Waals surface area contributed by atoms with Gasteiger partial charge in [0.15, 0.2) is 34.3 Å². The van der Waals surface area contributed by atoms with Crippen LogP contribution in [0, 0.1) is 45.3 Å². The average Bonchev–Trinajstić information content (AvgIpc) is 4.02. The van der Waals surface area contributed by atoms with E-state index in [1.165, 1.54) is 26.3 Å². The zero-order valence-corrected chi connectivity index (χ0v) is 42.2. The number of benzene rings is 2. The Bertz CT molecular complexity index is 3230. The summed E-state index contributed by atoms with van der Waals surface area (Å²) in [6.07, 6.45) is 5.03. The van der Waals surface area contributed by atoms with Gasteiger partial charge in [-0.1, -0.05) is 23.2 Å². The van der Waals surface area contributed by atoms with Crippen LogP contribution >= 0.6 is 23.2 Å². The molecule has 4 aliphatic heterocycles. The number of anilines is 8. The van der Waals surface area contributed by atoms with Gasteiger partial charge in [-0.2, -0.15) is 40.0 Å². The molecule has 2 unspecified atom stereocenters. The fraction of sp³-hybridized carbons (Fsp3) is 0.438. The number of halogens is 2. The van der Waals surface area contributed by atoms with Crippen LogP contribution in [0.3, 0.4) is 0 Å². The van der Waals surface area contributed by atoms with E-state index in [2.05, 4.69) is 90.8 Å². The summed E-state index contributed by atoms with van der Waals surface area (Å²) >= 11 is 13.7. The van der Waals surface area contributed by atoms with E-state index in [4.69, 9.17) is 32.7 Å². The molecule has 74 heavy (non-hydrogen) atoms. The van der Waals surface area contributed by atoms with E-state index in [1.54, 1.807) is 18.2 Å². The molecule has 26 heteroatoms. The highest BCUT2D eigenvalue weighted by Crippen LogP contribution is 2.39. The second-order valence-corrected chi connectivity index (χ2v) is 18.7. The van der Waals surface area contributed by atoms with Crippen LogP contribution in [-0.2, 0) is 9.47 Å². The molecule has 0 saturated carbocycles. The Labute approximate surface area is 435 Å². The number of hydrogen-bond donors (Lipinski definition) is 6. The Morgan fingerprint density at radius 1 is 0.730 bits per heavy atom. The predicted octanol–water partition coefficient (Wildman–Crippen LogP) is 6.09. The number of aromatic nitrogens is 8. The van der Waals surface area contributed by atoms with Gasteiger partial charge in [0.2, 0.25) is 11.9 Å². The standard InChI is InChI=1S/C25H27ClN10O3.C23H25ClN10O/c1-3-29-22-23-30-12-17(11-28)36(23)33-24(32-22)31-18-8-15(10-27)9-19(21(18)26)34-6-4-16(5-7-34)35(25(37)38)20-13-39-14(20)2;1-2-27-21-22-28-11-17(10-26)34(22)32-23(31-21)30-18-7-14(9-25)8-19(20(18)24)33-5-3-15(4-6-33)29-16-12-35-13-16/h8-9,12,14,16,20H,3-7,13H2,1-2H3,(H,37,38)(H2,29,31,32,33);7-8,11,15-16,29H,2-6,12-13H2,1H3,(H2,27,30,31,32). The molecule has 4 aliphatic rings. The Morgan fingerprint density at radius 2 is 1.22 bits per heavy atom. The van der Waals surface area contributed by atoms with Crippen molar-refractivity contribution in [2.45, 2.75) is 76.7 Å². The van der Waals surface area contributed by atoms with Crippen LogP contribution in [0.5, 0.6) is 0 Å². The first-order valence-corrected chi connectivity index (χ1v) is 25.0. The molecule has 1 amide bonds. The lowest BCUT2D eigenvalue weighted by Crippen LogP contribution is -2.61. The van der Waals surface area contributed by atoms with E-state index in [9.17, 15) is 30.9 Å². The number of carbonyl (C=O) groups is 1. The number of imidazole rings is 2. The van der Waals surface area contributed by atoms with Gasteiger partial charge in [-0.05, 0) is 70.7 Å². The minimum absolute atomic E-state index is 0.115. The molecule has 0 aliphatic carbocycles. The molecule has 4 saturated heterocycles. The van der Waals surface area contributed by atoms with Crippen molar-refractivity contribution < 1.29 is 19.4 Å². The number of hydrogen-bond acceptors (Lipinski definition) is 20. The fourth-order valence-corrected chi connectivity index (χ4v) is 9.96. The molecule has 10 rings (SSSR count). The number of fused-ring (bicyclic) bond motifs is 2. The van der Waals surface area contributed by atoms with Gasteiger partial charge in [-0.25, -0.2) is 14.8 Å². The first-order valence-electron chi connectivity index (χ1n) is 24.2. The van der Waals surface area contributed by atoms with Gasteiger partial charge in [0.25, 0.3) is 0 Å². The number of piperidine rings is 2. The van der Waals surface area contributed by atoms with Crippen molar-refractivity contribution in [1.29, 1.82) is 21.0 Å². The highest BCUT2D eigenvalue weighted by molar-refractivity contribution is 6.36. The lowest BCUT2D eigenvalue weighted by Gasteiger charge is -2.47. The van der Waals surface area contributed by atoms with Crippen molar-refractivity contribution in [2.24, 2.45) is 0 Å². The summed E-state index contributed by atoms with van der Waals surface area (Å²) in [5.41, 5.74) is 4.68. The highest BCUT2D eigenvalue weighted by atomic mass is 35.5. The zero-order chi connectivity index (χ0) is 52.0. The normalized spacial score (nSPS) is 17.9. The second-order valence-electron chi connectivity index (χ2n) is 18.0. The van der Waals surface area contributed by atoms with Crippen molar-refractivity contribution in [1.82, 2.24) is 49.4 Å². The quantitative estimate of drug-likeness (QED) is 0.0719. The van der Waals surface area contributed by atoms with Crippen LogP contribution in [0.25, 0.3) is 11.3 Å². The van der Waals surface area contributed by atoms with E-state index in [1.807, 2.05) is 26.8 Å². The van der Waals surface area contributed by atoms with Crippen molar-refractivity contribution in [3.63, 3.8) is 0 Å². The van der Waals surface area contributed by atoms with E-state index in [-0.39, 0.29) is 41.5 Å². The number of nitrogens with zero attached hydrogens (tertiary/aromatic N) is 15. The summed E-state index contributed by atoms with van der Waals surface area (Å²) in [4.78, 5) is 35.3. The Hall–Kier alpha value is -7.97. The van der Waals surface area contributed by atoms with Gasteiger partial charge in [-0.15, -0.1) is 10.2 Å². The molecule has 8 heterocycles. The lowest BCUT2D eigenvalue weighted by atomic mass is 9.97. The SMILES string of the molecule is CCNc1nc(Nc2cc(C#N)cc(N3CCC(N(C(=O)O)C4COC4C)CC3)c2Cl)nn2c(C#N)cnc12.CCNc1nc(Nc2cc(C#N)cc(N3CCC(NC4COC4)CC3)c2Cl)nn2c(C#N)cnc12. The molecule has 6 N–H and O–H groups in total. The Morgan fingerprint density at radius 3 is 1.59 bits per heavy atom. The van der Waals surface area contributed by atoms with Crippen molar-refractivity contribution in [3.8, 4) is 24.3 Å². The third-order valence-corrected chi connectivity index (χ3v) is 14.1. The van der Waals surface area contributed by atoms with Gasteiger partial charge >= 0.3 is 6.09 Å². The zero-order valence-electron chi connectivity index (χ0n) is 40.7. The van der Waals surface area contributed by atoms with E-state index in [0.717, 1.165) is 44.8 Å². The van der Waals surface area contributed by atoms with Gasteiger partial charge in [0.05, 0.1) is 106 Å². The van der Waals surface area contributed by atoms with E-state index < -0.39 is 6.09 Å². The molecule has 6 aromatic rings. The van der Waals surface area contributed by atoms with Crippen LogP contribution in [0.4, 0.5) is 51.1 Å². The summed E-state index contributed by atoms with van der Waals surface area (Å²) in [5, 5.41) is 74.0. The minimum Gasteiger partial charge on any atom is -0.465 e. The molecule has 4 fully saturated rings. The summed E-state index contributed by atoms with van der Waals surface area (Å²) in [6, 6.07) is 16.0. The maximum absolute atomic E-state index is 12.0. The molecule has 2 aromatic carbocycles. The molecule has 0 spiro atoms. The van der Waals surface area contributed by atoms with Crippen LogP contribution in [0.2, 0.25) is 10.0 Å². The summed E-state index contributed by atoms with van der Waals surface area (Å²) in [5.74, 6) is 1.34.